The highest BCUT2D eigenvalue weighted by Crippen LogP contribution is 2.35. The van der Waals surface area contributed by atoms with Crippen LogP contribution < -0.4 is 5.56 Å². The Morgan fingerprint density at radius 1 is 1.25 bits per heavy atom. The molecular formula is C19H18N4O3S2. The van der Waals surface area contributed by atoms with Crippen molar-refractivity contribution in [1.29, 1.82) is 0 Å². The van der Waals surface area contributed by atoms with E-state index in [0.717, 1.165) is 4.88 Å². The first-order valence-electron chi connectivity index (χ1n) is 8.70. The molecule has 0 aliphatic rings. The van der Waals surface area contributed by atoms with Gasteiger partial charge in [-0.05, 0) is 30.5 Å². The zero-order valence-electron chi connectivity index (χ0n) is 15.4. The van der Waals surface area contributed by atoms with Crippen molar-refractivity contribution in [2.45, 2.75) is 23.9 Å². The number of methoxy groups -OCH3 is 1. The molecule has 3 heterocycles. The Balaban J connectivity index is 1.67. The highest BCUT2D eigenvalue weighted by atomic mass is 32.2. The molecule has 0 unspecified atom stereocenters. The topological polar surface area (TPSA) is 83.0 Å². The Bertz CT molecular complexity index is 1140. The fraction of sp³-hybridized carbons (Fsp3) is 0.263. The van der Waals surface area contributed by atoms with Crippen LogP contribution in [0.25, 0.3) is 21.7 Å². The maximum Gasteiger partial charge on any atom is 0.262 e. The van der Waals surface area contributed by atoms with Gasteiger partial charge in [-0.2, -0.15) is 0 Å². The van der Waals surface area contributed by atoms with Gasteiger partial charge >= 0.3 is 0 Å². The molecule has 3 aromatic heterocycles. The summed E-state index contributed by atoms with van der Waals surface area (Å²) in [5.74, 6) is 0.995. The van der Waals surface area contributed by atoms with Crippen LogP contribution in [0.3, 0.4) is 0 Å². The first kappa shape index (κ1) is 18.9. The molecule has 0 N–H and O–H groups in total. The number of thioether (sulfide) groups is 1. The van der Waals surface area contributed by atoms with Crippen molar-refractivity contribution in [2.24, 2.45) is 0 Å². The summed E-state index contributed by atoms with van der Waals surface area (Å²) in [5, 5.41) is 11.3. The molecule has 4 rings (SSSR count). The van der Waals surface area contributed by atoms with Crippen LogP contribution in [0.15, 0.2) is 56.1 Å². The fourth-order valence-electron chi connectivity index (χ4n) is 2.72. The van der Waals surface area contributed by atoms with Crippen LogP contribution in [0.5, 0.6) is 0 Å². The molecular weight excluding hydrogens is 396 g/mol. The summed E-state index contributed by atoms with van der Waals surface area (Å²) in [6.07, 6.45) is 0. The number of hydrogen-bond acceptors (Lipinski definition) is 8. The predicted octanol–water partition coefficient (Wildman–Crippen LogP) is 4.01. The molecule has 1 aromatic carbocycles. The van der Waals surface area contributed by atoms with Crippen LogP contribution in [-0.2, 0) is 11.3 Å². The zero-order chi connectivity index (χ0) is 19.5. The molecule has 1 atom stereocenters. The lowest BCUT2D eigenvalue weighted by Gasteiger charge is -2.14. The van der Waals surface area contributed by atoms with E-state index >= 15 is 0 Å². The average Bonchev–Trinajstić information content (AvgIpc) is 3.39. The van der Waals surface area contributed by atoms with E-state index in [2.05, 4.69) is 10.2 Å². The number of para-hydroxylation sites is 1. The maximum absolute atomic E-state index is 12.9. The first-order chi connectivity index (χ1) is 13.7. The van der Waals surface area contributed by atoms with Gasteiger partial charge in [-0.15, -0.1) is 21.5 Å². The fourth-order valence-corrected chi connectivity index (χ4v) is 4.33. The Morgan fingerprint density at radius 2 is 2.11 bits per heavy atom. The first-order valence-corrected chi connectivity index (χ1v) is 10.5. The number of ether oxygens (including phenoxy) is 1. The third kappa shape index (κ3) is 3.73. The quantitative estimate of drug-likeness (QED) is 0.334. The predicted molar refractivity (Wildman–Crippen MR) is 110 cm³/mol. The number of benzene rings is 1. The maximum atomic E-state index is 12.9. The monoisotopic (exact) mass is 414 g/mol. The Morgan fingerprint density at radius 3 is 2.89 bits per heavy atom. The molecule has 0 radical (unpaired) electrons. The lowest BCUT2D eigenvalue weighted by Crippen LogP contribution is -2.25. The van der Waals surface area contributed by atoms with Gasteiger partial charge in [-0.3, -0.25) is 9.36 Å². The number of aromatic nitrogens is 4. The van der Waals surface area contributed by atoms with E-state index in [1.807, 2.05) is 42.6 Å². The summed E-state index contributed by atoms with van der Waals surface area (Å²) in [6.45, 7) is 2.80. The summed E-state index contributed by atoms with van der Waals surface area (Å²) in [6, 6.07) is 11.2. The molecule has 7 nitrogen and oxygen atoms in total. The highest BCUT2D eigenvalue weighted by Gasteiger charge is 2.20. The van der Waals surface area contributed by atoms with E-state index in [4.69, 9.17) is 14.1 Å². The number of thiophene rings is 1. The van der Waals surface area contributed by atoms with Crippen molar-refractivity contribution >= 4 is 34.0 Å². The SMILES string of the molecule is COCCn1c(S[C@H](C)c2nnc(-c3cccs3)o2)nc2ccccc2c1=O. The second-order valence-electron chi connectivity index (χ2n) is 6.04. The third-order valence-electron chi connectivity index (χ3n) is 4.15. The largest absolute Gasteiger partial charge is 0.419 e. The molecule has 28 heavy (non-hydrogen) atoms. The van der Waals surface area contributed by atoms with Gasteiger partial charge < -0.3 is 9.15 Å². The number of hydrogen-bond donors (Lipinski definition) is 0. The molecule has 9 heteroatoms. The Labute approximate surface area is 169 Å². The van der Waals surface area contributed by atoms with Crippen molar-refractivity contribution in [1.82, 2.24) is 19.7 Å². The normalized spacial score (nSPS) is 12.5. The van der Waals surface area contributed by atoms with Gasteiger partial charge in [0.2, 0.25) is 5.89 Å². The minimum absolute atomic E-state index is 0.0813. The van der Waals surface area contributed by atoms with Gasteiger partial charge in [0.1, 0.15) is 0 Å². The molecule has 144 valence electrons. The van der Waals surface area contributed by atoms with Crippen LogP contribution in [0, 0.1) is 0 Å². The third-order valence-corrected chi connectivity index (χ3v) is 6.08. The molecule has 0 saturated heterocycles. The minimum Gasteiger partial charge on any atom is -0.419 e. The van der Waals surface area contributed by atoms with Crippen molar-refractivity contribution in [2.75, 3.05) is 13.7 Å². The van der Waals surface area contributed by atoms with E-state index in [1.54, 1.807) is 29.1 Å². The van der Waals surface area contributed by atoms with E-state index in [0.29, 0.717) is 41.0 Å². The smallest absolute Gasteiger partial charge is 0.262 e. The zero-order valence-corrected chi connectivity index (χ0v) is 17.0. The molecule has 4 aromatic rings. The summed E-state index contributed by atoms with van der Waals surface area (Å²) in [7, 11) is 1.61. The molecule has 0 amide bonds. The highest BCUT2D eigenvalue weighted by molar-refractivity contribution is 7.99. The van der Waals surface area contributed by atoms with Crippen molar-refractivity contribution in [3.05, 3.63) is 58.0 Å². The minimum atomic E-state index is -0.164. The second-order valence-corrected chi connectivity index (χ2v) is 8.30. The lowest BCUT2D eigenvalue weighted by atomic mass is 10.2. The van der Waals surface area contributed by atoms with Crippen LogP contribution in [-0.4, -0.2) is 33.5 Å². The molecule has 0 spiro atoms. The standard InChI is InChI=1S/C19H18N4O3S2/c1-12(16-21-22-17(26-16)15-8-5-11-27-15)28-19-20-14-7-4-3-6-13(14)18(24)23(19)9-10-25-2/h3-8,11-12H,9-10H2,1-2H3/t12-/m1/s1. The van der Waals surface area contributed by atoms with Gasteiger partial charge in [-0.1, -0.05) is 30.0 Å². The average molecular weight is 415 g/mol. The molecule has 0 fully saturated rings. The van der Waals surface area contributed by atoms with Crippen molar-refractivity contribution < 1.29 is 9.15 Å². The van der Waals surface area contributed by atoms with Gasteiger partial charge in [-0.25, -0.2) is 4.98 Å². The van der Waals surface area contributed by atoms with E-state index in [9.17, 15) is 4.79 Å². The Hall–Kier alpha value is -2.49. The van der Waals surface area contributed by atoms with Crippen LogP contribution >= 0.6 is 23.1 Å². The van der Waals surface area contributed by atoms with E-state index in [1.165, 1.54) is 11.8 Å². The van der Waals surface area contributed by atoms with Gasteiger partial charge in [0.25, 0.3) is 11.4 Å². The number of nitrogens with zero attached hydrogens (tertiary/aromatic N) is 4. The van der Waals surface area contributed by atoms with E-state index in [-0.39, 0.29) is 10.8 Å². The van der Waals surface area contributed by atoms with E-state index < -0.39 is 0 Å². The summed E-state index contributed by atoms with van der Waals surface area (Å²) in [4.78, 5) is 18.6. The summed E-state index contributed by atoms with van der Waals surface area (Å²) >= 11 is 2.96. The van der Waals surface area contributed by atoms with Gasteiger partial charge in [0, 0.05) is 7.11 Å². The molecule has 0 aliphatic heterocycles. The molecule has 0 saturated carbocycles. The summed E-state index contributed by atoms with van der Waals surface area (Å²) in [5.41, 5.74) is 0.586. The van der Waals surface area contributed by atoms with Gasteiger partial charge in [0.15, 0.2) is 5.16 Å². The van der Waals surface area contributed by atoms with Crippen molar-refractivity contribution in [3.8, 4) is 10.8 Å². The summed E-state index contributed by atoms with van der Waals surface area (Å²) < 4.78 is 12.6. The lowest BCUT2D eigenvalue weighted by molar-refractivity contribution is 0.183. The van der Waals surface area contributed by atoms with Crippen LogP contribution in [0.2, 0.25) is 0 Å². The second kappa shape index (κ2) is 8.26. The van der Waals surface area contributed by atoms with Crippen LogP contribution in [0.4, 0.5) is 0 Å². The van der Waals surface area contributed by atoms with Crippen molar-refractivity contribution in [3.63, 3.8) is 0 Å². The number of rotatable bonds is 7. The number of fused-ring (bicyclic) bond motifs is 1. The Kier molecular flexibility index (Phi) is 5.56. The van der Waals surface area contributed by atoms with Gasteiger partial charge in [0.05, 0.1) is 34.2 Å². The van der Waals surface area contributed by atoms with Crippen LogP contribution in [0.1, 0.15) is 18.1 Å². The molecule has 0 bridgehead atoms. The molecule has 0 aliphatic carbocycles.